The lowest BCUT2D eigenvalue weighted by atomic mass is 10.1. The molecule has 5 heteroatoms. The van der Waals surface area contributed by atoms with Gasteiger partial charge in [0, 0.05) is 49.7 Å². The molecular weight excluding hydrogens is 386 g/mol. The van der Waals surface area contributed by atoms with E-state index in [1.54, 1.807) is 6.26 Å². The maximum Gasteiger partial charge on any atom is 0.178 e. The van der Waals surface area contributed by atoms with Crippen molar-refractivity contribution in [3.63, 3.8) is 0 Å². The highest BCUT2D eigenvalue weighted by molar-refractivity contribution is 5.99. The number of benzene rings is 1. The number of aromatic nitrogens is 1. The highest BCUT2D eigenvalue weighted by Crippen LogP contribution is 2.19. The summed E-state index contributed by atoms with van der Waals surface area (Å²) in [5.41, 5.74) is 4.17. The molecule has 1 aliphatic rings. The van der Waals surface area contributed by atoms with E-state index in [0.717, 1.165) is 55.4 Å². The summed E-state index contributed by atoms with van der Waals surface area (Å²) in [6, 6.07) is 16.3. The Balaban J connectivity index is 1.28. The van der Waals surface area contributed by atoms with Gasteiger partial charge in [-0.3, -0.25) is 14.6 Å². The number of piperazine rings is 1. The maximum atomic E-state index is 13.0. The lowest BCUT2D eigenvalue weighted by Crippen LogP contribution is -2.47. The molecule has 0 spiro atoms. The van der Waals surface area contributed by atoms with Crippen molar-refractivity contribution < 1.29 is 9.21 Å². The van der Waals surface area contributed by atoms with Crippen LogP contribution in [0.1, 0.15) is 33.1 Å². The van der Waals surface area contributed by atoms with Gasteiger partial charge in [-0.15, -0.1) is 0 Å². The van der Waals surface area contributed by atoms with Crippen molar-refractivity contribution in [1.82, 2.24) is 14.4 Å². The van der Waals surface area contributed by atoms with Crippen LogP contribution in [-0.2, 0) is 6.54 Å². The Morgan fingerprint density at radius 3 is 2.45 bits per heavy atom. The van der Waals surface area contributed by atoms with Crippen LogP contribution >= 0.6 is 0 Å². The number of carbonyl (C=O) groups is 1. The van der Waals surface area contributed by atoms with Crippen molar-refractivity contribution in [1.29, 1.82) is 0 Å². The molecule has 3 aromatic rings. The van der Waals surface area contributed by atoms with Gasteiger partial charge >= 0.3 is 0 Å². The summed E-state index contributed by atoms with van der Waals surface area (Å²) in [6.45, 7) is 10.0. The third-order valence-electron chi connectivity index (χ3n) is 6.07. The fourth-order valence-electron chi connectivity index (χ4n) is 4.21. The average Bonchev–Trinajstić information content (AvgIpc) is 3.39. The van der Waals surface area contributed by atoms with E-state index in [0.29, 0.717) is 13.1 Å². The Morgan fingerprint density at radius 2 is 1.74 bits per heavy atom. The predicted octanol–water partition coefficient (Wildman–Crippen LogP) is 4.26. The topological polar surface area (TPSA) is 41.6 Å². The molecular formula is C26H31N3O2. The number of hydrogen-bond donors (Lipinski definition) is 0. The second kappa shape index (κ2) is 9.94. The second-order valence-electron chi connectivity index (χ2n) is 8.26. The first-order chi connectivity index (χ1) is 15.1. The molecule has 4 rings (SSSR count). The molecule has 0 N–H and O–H groups in total. The molecule has 1 aromatic carbocycles. The van der Waals surface area contributed by atoms with Gasteiger partial charge in [-0.2, -0.15) is 0 Å². The fourth-order valence-corrected chi connectivity index (χ4v) is 4.21. The maximum absolute atomic E-state index is 13.0. The van der Waals surface area contributed by atoms with Gasteiger partial charge in [0.05, 0.1) is 19.4 Å². The number of ketones is 1. The molecule has 0 radical (unpaired) electrons. The van der Waals surface area contributed by atoms with Crippen LogP contribution in [0.15, 0.2) is 65.3 Å². The first-order valence-electron chi connectivity index (χ1n) is 11.0. The molecule has 0 unspecified atom stereocenters. The summed E-state index contributed by atoms with van der Waals surface area (Å²) in [5, 5.41) is 0. The van der Waals surface area contributed by atoms with Gasteiger partial charge in [0.15, 0.2) is 5.78 Å². The zero-order valence-electron chi connectivity index (χ0n) is 18.5. The first-order valence-corrected chi connectivity index (χ1v) is 11.0. The summed E-state index contributed by atoms with van der Waals surface area (Å²) in [4.78, 5) is 17.7. The van der Waals surface area contributed by atoms with Crippen molar-refractivity contribution in [3.8, 4) is 0 Å². The summed E-state index contributed by atoms with van der Waals surface area (Å²) in [7, 11) is 0. The highest BCUT2D eigenvalue weighted by atomic mass is 16.3. The minimum atomic E-state index is 0.205. The van der Waals surface area contributed by atoms with Crippen molar-refractivity contribution in [2.24, 2.45) is 0 Å². The molecule has 31 heavy (non-hydrogen) atoms. The monoisotopic (exact) mass is 417 g/mol. The van der Waals surface area contributed by atoms with Crippen LogP contribution in [0.25, 0.3) is 6.08 Å². The van der Waals surface area contributed by atoms with Crippen LogP contribution < -0.4 is 0 Å². The van der Waals surface area contributed by atoms with E-state index in [1.807, 2.05) is 31.2 Å². The van der Waals surface area contributed by atoms with E-state index in [4.69, 9.17) is 4.42 Å². The number of Topliss-reactive ketones (excluding diaryl/α,β-unsaturated/α-hetero) is 1. The molecule has 0 aliphatic carbocycles. The summed E-state index contributed by atoms with van der Waals surface area (Å²) < 4.78 is 7.63. The van der Waals surface area contributed by atoms with Crippen LogP contribution in [0, 0.1) is 13.8 Å². The molecule has 0 atom stereocenters. The molecule has 0 bridgehead atoms. The molecule has 1 fully saturated rings. The quantitative estimate of drug-likeness (QED) is 0.514. The highest BCUT2D eigenvalue weighted by Gasteiger charge is 2.22. The standard InChI is InChI=1S/C26H31N3O2/c1-21-18-25(22(2)29(21)19-24-11-7-17-31-24)26(30)20-28-15-13-27(14-16-28)12-6-10-23-8-4-3-5-9-23/h3-11,17-18H,12-16,19-20H2,1-2H3. The largest absolute Gasteiger partial charge is 0.467 e. The van der Waals surface area contributed by atoms with Crippen molar-refractivity contribution in [2.45, 2.75) is 20.4 Å². The Kier molecular flexibility index (Phi) is 6.85. The average molecular weight is 418 g/mol. The van der Waals surface area contributed by atoms with Crippen LogP contribution in [0.4, 0.5) is 0 Å². The van der Waals surface area contributed by atoms with E-state index in [9.17, 15) is 4.79 Å². The number of carbonyl (C=O) groups excluding carboxylic acids is 1. The molecule has 162 valence electrons. The minimum Gasteiger partial charge on any atom is -0.467 e. The van der Waals surface area contributed by atoms with E-state index in [-0.39, 0.29) is 5.78 Å². The van der Waals surface area contributed by atoms with Crippen molar-refractivity contribution >= 4 is 11.9 Å². The predicted molar refractivity (Wildman–Crippen MR) is 124 cm³/mol. The zero-order valence-corrected chi connectivity index (χ0v) is 18.5. The van der Waals surface area contributed by atoms with E-state index >= 15 is 0 Å². The van der Waals surface area contributed by atoms with Crippen LogP contribution in [-0.4, -0.2) is 59.4 Å². The Labute approximate surface area is 184 Å². The van der Waals surface area contributed by atoms with Crippen molar-refractivity contribution in [3.05, 3.63) is 89.1 Å². The van der Waals surface area contributed by atoms with E-state index in [1.165, 1.54) is 5.56 Å². The van der Waals surface area contributed by atoms with Gasteiger partial charge in [-0.05, 0) is 37.6 Å². The molecule has 0 saturated carbocycles. The van der Waals surface area contributed by atoms with E-state index in [2.05, 4.69) is 57.7 Å². The molecule has 0 amide bonds. The Hall–Kier alpha value is -2.89. The molecule has 2 aromatic heterocycles. The van der Waals surface area contributed by atoms with Gasteiger partial charge in [-0.1, -0.05) is 42.5 Å². The third-order valence-corrected chi connectivity index (χ3v) is 6.07. The second-order valence-corrected chi connectivity index (χ2v) is 8.26. The summed E-state index contributed by atoms with van der Waals surface area (Å²) in [6.07, 6.45) is 6.09. The minimum absolute atomic E-state index is 0.205. The Bertz CT molecular complexity index is 1010. The molecule has 3 heterocycles. The molecule has 5 nitrogen and oxygen atoms in total. The zero-order chi connectivity index (χ0) is 21.6. The first kappa shape index (κ1) is 21.3. The number of furan rings is 1. The fraction of sp³-hybridized carbons (Fsp3) is 0.346. The molecule has 1 saturated heterocycles. The summed E-state index contributed by atoms with van der Waals surface area (Å²) >= 11 is 0. The van der Waals surface area contributed by atoms with Crippen LogP contribution in [0.2, 0.25) is 0 Å². The normalized spacial score (nSPS) is 15.7. The van der Waals surface area contributed by atoms with Crippen LogP contribution in [0.5, 0.6) is 0 Å². The lowest BCUT2D eigenvalue weighted by molar-refractivity contribution is 0.0864. The van der Waals surface area contributed by atoms with Gasteiger partial charge in [0.2, 0.25) is 0 Å². The van der Waals surface area contributed by atoms with E-state index < -0.39 is 0 Å². The van der Waals surface area contributed by atoms with Gasteiger partial charge in [0.25, 0.3) is 0 Å². The number of aryl methyl sites for hydroxylation is 1. The van der Waals surface area contributed by atoms with Gasteiger partial charge in [-0.25, -0.2) is 0 Å². The molecule has 1 aliphatic heterocycles. The SMILES string of the molecule is Cc1cc(C(=O)CN2CCN(CC=Cc3ccccc3)CC2)c(C)n1Cc1ccco1. The number of hydrogen-bond acceptors (Lipinski definition) is 4. The van der Waals surface area contributed by atoms with Crippen LogP contribution in [0.3, 0.4) is 0 Å². The summed E-state index contributed by atoms with van der Waals surface area (Å²) in [5.74, 6) is 1.11. The number of rotatable bonds is 8. The number of nitrogens with zero attached hydrogens (tertiary/aromatic N) is 3. The van der Waals surface area contributed by atoms with Gasteiger partial charge in [0.1, 0.15) is 5.76 Å². The van der Waals surface area contributed by atoms with Gasteiger partial charge < -0.3 is 8.98 Å². The third kappa shape index (κ3) is 5.43. The van der Waals surface area contributed by atoms with Crippen molar-refractivity contribution in [2.75, 3.05) is 39.3 Å². The lowest BCUT2D eigenvalue weighted by Gasteiger charge is -2.33. The Morgan fingerprint density at radius 1 is 1.00 bits per heavy atom. The smallest absolute Gasteiger partial charge is 0.178 e.